The number of nitrogens with zero attached hydrogens (tertiary/aromatic N) is 1. The third-order valence-corrected chi connectivity index (χ3v) is 4.85. The highest BCUT2D eigenvalue weighted by Crippen LogP contribution is 2.51. The van der Waals surface area contributed by atoms with E-state index in [-0.39, 0.29) is 5.56 Å². The van der Waals surface area contributed by atoms with E-state index in [1.165, 1.54) is 20.8 Å². The molecular weight excluding hydrogens is 351 g/mol. The number of aromatic amines is 1. The topological polar surface area (TPSA) is 128 Å². The van der Waals surface area contributed by atoms with Crippen molar-refractivity contribution >= 4 is 11.9 Å². The molecule has 0 amide bonds. The number of aliphatic carboxylic acids is 1. The average molecular weight is 372 g/mol. The molecule has 0 saturated carbocycles. The largest absolute Gasteiger partial charge is 0.481 e. The third kappa shape index (κ3) is 2.94. The maximum atomic E-state index is 15.8. The zero-order chi connectivity index (χ0) is 20.0. The number of aromatic nitrogens is 2. The molecule has 0 bridgehead atoms. The lowest BCUT2D eigenvalue weighted by Crippen LogP contribution is -2.56. The highest BCUT2D eigenvalue weighted by molar-refractivity contribution is 5.71. The Morgan fingerprint density at radius 3 is 2.50 bits per heavy atom. The molecule has 2 heterocycles. The fourth-order valence-corrected chi connectivity index (χ4v) is 3.19. The van der Waals surface area contributed by atoms with E-state index >= 15 is 4.39 Å². The van der Waals surface area contributed by atoms with Crippen LogP contribution in [0.3, 0.4) is 0 Å². The fraction of sp³-hybridized carbons (Fsp3) is 0.625. The Balaban J connectivity index is 2.65. The van der Waals surface area contributed by atoms with Crippen LogP contribution in [0, 0.1) is 12.8 Å². The molecule has 3 unspecified atom stereocenters. The number of halogens is 1. The smallest absolute Gasteiger partial charge is 0.330 e. The van der Waals surface area contributed by atoms with Crippen LogP contribution < -0.4 is 11.2 Å². The maximum absolute atomic E-state index is 15.8. The second-order valence-corrected chi connectivity index (χ2v) is 6.79. The summed E-state index contributed by atoms with van der Waals surface area (Å²) in [5.74, 6) is -3.35. The second kappa shape index (κ2) is 6.35. The van der Waals surface area contributed by atoms with Gasteiger partial charge < -0.3 is 14.6 Å². The quantitative estimate of drug-likeness (QED) is 0.737. The van der Waals surface area contributed by atoms with E-state index in [2.05, 4.69) is 0 Å². The molecule has 10 heteroatoms. The van der Waals surface area contributed by atoms with Crippen molar-refractivity contribution < 1.29 is 28.6 Å². The van der Waals surface area contributed by atoms with E-state index in [1.807, 2.05) is 4.98 Å². The van der Waals surface area contributed by atoms with Gasteiger partial charge in [-0.05, 0) is 27.7 Å². The number of alkyl halides is 1. The summed E-state index contributed by atoms with van der Waals surface area (Å²) in [7, 11) is 0. The molecule has 1 aromatic rings. The highest BCUT2D eigenvalue weighted by Gasteiger charge is 2.68. The minimum Gasteiger partial charge on any atom is -0.481 e. The molecule has 2 N–H and O–H groups in total. The number of carbonyl (C=O) groups is 2. The van der Waals surface area contributed by atoms with Crippen LogP contribution in [0.25, 0.3) is 0 Å². The first kappa shape index (κ1) is 19.8. The lowest BCUT2D eigenvalue weighted by atomic mass is 9.79. The lowest BCUT2D eigenvalue weighted by Gasteiger charge is -2.38. The molecule has 2 rings (SSSR count). The molecular formula is C16H21FN2O7. The van der Waals surface area contributed by atoms with Crippen LogP contribution in [-0.4, -0.2) is 44.0 Å². The van der Waals surface area contributed by atoms with Crippen molar-refractivity contribution in [3.05, 3.63) is 32.6 Å². The first-order valence-electron chi connectivity index (χ1n) is 7.91. The highest BCUT2D eigenvalue weighted by atomic mass is 19.1. The van der Waals surface area contributed by atoms with Crippen LogP contribution >= 0.6 is 0 Å². The van der Waals surface area contributed by atoms with Crippen molar-refractivity contribution in [2.45, 2.75) is 58.2 Å². The third-order valence-electron chi connectivity index (χ3n) is 4.85. The number of aryl methyl sites for hydroxylation is 1. The summed E-state index contributed by atoms with van der Waals surface area (Å²) in [6.07, 6.45) is -1.86. The second-order valence-electron chi connectivity index (χ2n) is 6.79. The molecule has 0 spiro atoms. The molecule has 1 saturated heterocycles. The minimum atomic E-state index is -2.47. The number of ether oxygens (including phenoxy) is 2. The predicted molar refractivity (Wildman–Crippen MR) is 86.5 cm³/mol. The standard InChI is InChI=1S/C16H21FN2O7/c1-7-6-19(14(24)18-11(7)21)13-15(4,17)16(5,26-9(3)20)10(25-13)8(2)12(22)23/h6,8,10,13H,1-5H3,(H,22,23)(H,18,21,24)/t8?,10-,13?,15+,16?/m1/s1. The number of nitrogens with one attached hydrogen (secondary N) is 1. The zero-order valence-corrected chi connectivity index (χ0v) is 15.0. The van der Waals surface area contributed by atoms with Gasteiger partial charge in [-0.25, -0.2) is 9.18 Å². The van der Waals surface area contributed by atoms with Gasteiger partial charge in [0.1, 0.15) is 6.10 Å². The number of carbonyl (C=O) groups excluding carboxylic acids is 1. The van der Waals surface area contributed by atoms with Crippen molar-refractivity contribution in [3.63, 3.8) is 0 Å². The summed E-state index contributed by atoms with van der Waals surface area (Å²) in [5, 5.41) is 9.31. The van der Waals surface area contributed by atoms with Gasteiger partial charge in [-0.3, -0.25) is 23.9 Å². The molecule has 0 aliphatic carbocycles. The molecule has 9 nitrogen and oxygen atoms in total. The Hall–Kier alpha value is -2.49. The molecule has 1 aliphatic rings. The van der Waals surface area contributed by atoms with Gasteiger partial charge >= 0.3 is 17.6 Å². The normalized spacial score (nSPS) is 32.2. The number of carboxylic acid groups (broad SMARTS) is 1. The number of hydrogen-bond donors (Lipinski definition) is 2. The SMILES string of the molecule is CC(=O)OC1(C)[C@@H](C(C)C(=O)O)OC(n2cc(C)c(=O)[nH]c2=O)[C@]1(C)F. The summed E-state index contributed by atoms with van der Waals surface area (Å²) in [4.78, 5) is 48.7. The molecule has 26 heavy (non-hydrogen) atoms. The lowest BCUT2D eigenvalue weighted by molar-refractivity contribution is -0.180. The van der Waals surface area contributed by atoms with Gasteiger partial charge in [-0.2, -0.15) is 0 Å². The van der Waals surface area contributed by atoms with Crippen molar-refractivity contribution in [2.75, 3.05) is 0 Å². The predicted octanol–water partition coefficient (Wildman–Crippen LogP) is 0.513. The Bertz CT molecular complexity index is 859. The Morgan fingerprint density at radius 1 is 1.42 bits per heavy atom. The molecule has 144 valence electrons. The van der Waals surface area contributed by atoms with E-state index in [0.717, 1.165) is 24.6 Å². The number of esters is 1. The first-order chi connectivity index (χ1) is 11.8. The minimum absolute atomic E-state index is 0.132. The number of H-pyrrole nitrogens is 1. The van der Waals surface area contributed by atoms with E-state index in [9.17, 15) is 24.3 Å². The van der Waals surface area contributed by atoms with Gasteiger partial charge in [-0.1, -0.05) is 0 Å². The Morgan fingerprint density at radius 2 is 2.00 bits per heavy atom. The molecule has 0 aromatic carbocycles. The molecule has 0 radical (unpaired) electrons. The van der Waals surface area contributed by atoms with Gasteiger partial charge in [0.05, 0.1) is 5.92 Å². The van der Waals surface area contributed by atoms with Gasteiger partial charge in [0, 0.05) is 18.7 Å². The molecule has 1 aromatic heterocycles. The van der Waals surface area contributed by atoms with Crippen molar-refractivity contribution in [1.82, 2.24) is 9.55 Å². The summed E-state index contributed by atoms with van der Waals surface area (Å²) in [6.45, 7) is 6.05. The van der Waals surface area contributed by atoms with Crippen molar-refractivity contribution in [1.29, 1.82) is 0 Å². The maximum Gasteiger partial charge on any atom is 0.330 e. The number of rotatable bonds is 4. The van der Waals surface area contributed by atoms with Crippen LogP contribution in [0.4, 0.5) is 4.39 Å². The van der Waals surface area contributed by atoms with Crippen LogP contribution in [0.1, 0.15) is 39.5 Å². The van der Waals surface area contributed by atoms with E-state index < -0.39 is 52.7 Å². The fourth-order valence-electron chi connectivity index (χ4n) is 3.19. The molecule has 1 fully saturated rings. The number of carboxylic acids is 1. The van der Waals surface area contributed by atoms with Gasteiger partial charge in [0.15, 0.2) is 17.5 Å². The summed E-state index contributed by atoms with van der Waals surface area (Å²) >= 11 is 0. The summed E-state index contributed by atoms with van der Waals surface area (Å²) in [6, 6.07) is 0. The zero-order valence-electron chi connectivity index (χ0n) is 15.0. The average Bonchev–Trinajstić information content (AvgIpc) is 2.69. The first-order valence-corrected chi connectivity index (χ1v) is 7.91. The van der Waals surface area contributed by atoms with Crippen LogP contribution in [0.2, 0.25) is 0 Å². The van der Waals surface area contributed by atoms with Crippen LogP contribution in [-0.2, 0) is 19.1 Å². The van der Waals surface area contributed by atoms with Crippen LogP contribution in [0.15, 0.2) is 15.8 Å². The van der Waals surface area contributed by atoms with Gasteiger partial charge in [0.25, 0.3) is 5.56 Å². The van der Waals surface area contributed by atoms with E-state index in [0.29, 0.717) is 0 Å². The van der Waals surface area contributed by atoms with E-state index in [4.69, 9.17) is 9.47 Å². The monoisotopic (exact) mass is 372 g/mol. The van der Waals surface area contributed by atoms with Crippen molar-refractivity contribution in [2.24, 2.45) is 5.92 Å². The van der Waals surface area contributed by atoms with Crippen LogP contribution in [0.5, 0.6) is 0 Å². The summed E-state index contributed by atoms with van der Waals surface area (Å²) in [5.41, 5.74) is -5.88. The molecule has 5 atom stereocenters. The molecule has 1 aliphatic heterocycles. The summed E-state index contributed by atoms with van der Waals surface area (Å²) < 4.78 is 27.4. The van der Waals surface area contributed by atoms with E-state index in [1.54, 1.807) is 0 Å². The van der Waals surface area contributed by atoms with Gasteiger partial charge in [0.2, 0.25) is 0 Å². The Kier molecular flexibility index (Phi) is 4.84. The van der Waals surface area contributed by atoms with Crippen molar-refractivity contribution in [3.8, 4) is 0 Å². The Labute approximate surface area is 147 Å². The van der Waals surface area contributed by atoms with Gasteiger partial charge in [-0.15, -0.1) is 0 Å². The number of hydrogen-bond acceptors (Lipinski definition) is 6.